The molecule has 1 aliphatic heterocycles. The second-order valence-electron chi connectivity index (χ2n) is 4.19. The number of rotatable bonds is 4. The number of hydrogen-bond acceptors (Lipinski definition) is 3. The predicted molar refractivity (Wildman–Crippen MR) is 66.3 cm³/mol. The van der Waals surface area contributed by atoms with Gasteiger partial charge in [-0.3, -0.25) is 4.79 Å². The summed E-state index contributed by atoms with van der Waals surface area (Å²) in [5.74, 6) is 2.51. The summed E-state index contributed by atoms with van der Waals surface area (Å²) in [5, 5.41) is 3.39. The summed E-state index contributed by atoms with van der Waals surface area (Å²) in [6.45, 7) is 5.25. The van der Waals surface area contributed by atoms with Crippen LogP contribution in [0.4, 0.5) is 0 Å². The second kappa shape index (κ2) is 6.38. The molecule has 1 N–H and O–H groups in total. The average Bonchev–Trinajstić information content (AvgIpc) is 2.28. The number of nitrogens with one attached hydrogen (secondary N) is 1. The summed E-state index contributed by atoms with van der Waals surface area (Å²) >= 11 is 1.94. The largest absolute Gasteiger partial charge is 0.343 e. The molecule has 0 saturated carbocycles. The zero-order chi connectivity index (χ0) is 11.3. The lowest BCUT2D eigenvalue weighted by Crippen LogP contribution is -2.43. The molecule has 15 heavy (non-hydrogen) atoms. The van der Waals surface area contributed by atoms with E-state index in [4.69, 9.17) is 0 Å². The highest BCUT2D eigenvalue weighted by atomic mass is 32.2. The van der Waals surface area contributed by atoms with Crippen LogP contribution < -0.4 is 5.32 Å². The Bertz CT molecular complexity index is 205. The molecule has 0 aromatic rings. The fraction of sp³-hybridized carbons (Fsp3) is 0.909. The highest BCUT2D eigenvalue weighted by Gasteiger charge is 2.20. The molecule has 0 aromatic heterocycles. The van der Waals surface area contributed by atoms with Gasteiger partial charge in [0.25, 0.3) is 0 Å². The highest BCUT2D eigenvalue weighted by molar-refractivity contribution is 7.99. The second-order valence-corrected chi connectivity index (χ2v) is 5.34. The highest BCUT2D eigenvalue weighted by Crippen LogP contribution is 2.12. The first-order valence-electron chi connectivity index (χ1n) is 5.72. The number of thioether (sulfide) groups is 1. The Morgan fingerprint density at radius 2 is 2.40 bits per heavy atom. The zero-order valence-corrected chi connectivity index (χ0v) is 10.8. The lowest BCUT2D eigenvalue weighted by atomic mass is 10.1. The van der Waals surface area contributed by atoms with E-state index in [1.807, 2.05) is 23.7 Å². The first-order chi connectivity index (χ1) is 7.15. The van der Waals surface area contributed by atoms with Crippen molar-refractivity contribution in [3.8, 4) is 0 Å². The minimum absolute atomic E-state index is 0.268. The van der Waals surface area contributed by atoms with E-state index in [9.17, 15) is 4.79 Å². The minimum atomic E-state index is 0.268. The van der Waals surface area contributed by atoms with Crippen molar-refractivity contribution in [3.63, 3.8) is 0 Å². The molecular formula is C11H22N2OS. The van der Waals surface area contributed by atoms with Gasteiger partial charge in [-0.15, -0.1) is 0 Å². The van der Waals surface area contributed by atoms with Crippen LogP contribution in [0.25, 0.3) is 0 Å². The van der Waals surface area contributed by atoms with Crippen molar-refractivity contribution in [3.05, 3.63) is 0 Å². The molecule has 0 bridgehead atoms. The molecule has 88 valence electrons. The number of amides is 1. The standard InChI is InChI=1S/C11H22N2OS/c1-4-9(2)13(3)11(14)7-10-8-15-6-5-12-10/h9-10,12H,4-8H2,1-3H3. The van der Waals surface area contributed by atoms with Crippen molar-refractivity contribution in [1.29, 1.82) is 0 Å². The first kappa shape index (κ1) is 12.8. The molecule has 1 amide bonds. The van der Waals surface area contributed by atoms with Gasteiger partial charge in [0.2, 0.25) is 5.91 Å². The van der Waals surface area contributed by atoms with Crippen LogP contribution in [0, 0.1) is 0 Å². The molecule has 1 heterocycles. The van der Waals surface area contributed by atoms with E-state index in [2.05, 4.69) is 19.2 Å². The summed E-state index contributed by atoms with van der Waals surface area (Å²) < 4.78 is 0. The van der Waals surface area contributed by atoms with E-state index < -0.39 is 0 Å². The van der Waals surface area contributed by atoms with E-state index in [0.29, 0.717) is 18.5 Å². The predicted octanol–water partition coefficient (Wildman–Crippen LogP) is 1.34. The van der Waals surface area contributed by atoms with Crippen molar-refractivity contribution in [2.45, 2.75) is 38.8 Å². The molecule has 0 radical (unpaired) electrons. The van der Waals surface area contributed by atoms with Gasteiger partial charge < -0.3 is 10.2 Å². The van der Waals surface area contributed by atoms with Gasteiger partial charge in [-0.05, 0) is 13.3 Å². The monoisotopic (exact) mass is 230 g/mol. The van der Waals surface area contributed by atoms with Crippen molar-refractivity contribution >= 4 is 17.7 Å². The van der Waals surface area contributed by atoms with E-state index in [1.54, 1.807) is 0 Å². The molecule has 1 rings (SSSR count). The Morgan fingerprint density at radius 1 is 1.67 bits per heavy atom. The molecule has 2 atom stereocenters. The Hall–Kier alpha value is -0.220. The van der Waals surface area contributed by atoms with Gasteiger partial charge in [0.15, 0.2) is 0 Å². The van der Waals surface area contributed by atoms with E-state index in [-0.39, 0.29) is 5.91 Å². The van der Waals surface area contributed by atoms with Crippen LogP contribution >= 0.6 is 11.8 Å². The smallest absolute Gasteiger partial charge is 0.224 e. The Balaban J connectivity index is 2.33. The molecular weight excluding hydrogens is 208 g/mol. The van der Waals surface area contributed by atoms with Gasteiger partial charge in [0.1, 0.15) is 0 Å². The first-order valence-corrected chi connectivity index (χ1v) is 6.87. The maximum absolute atomic E-state index is 11.9. The number of carbonyl (C=O) groups excluding carboxylic acids is 1. The molecule has 4 heteroatoms. The van der Waals surface area contributed by atoms with Crippen LogP contribution in [-0.2, 0) is 4.79 Å². The lowest BCUT2D eigenvalue weighted by Gasteiger charge is -2.28. The third-order valence-corrected chi connectivity index (χ3v) is 4.20. The summed E-state index contributed by atoms with van der Waals surface area (Å²) in [6, 6.07) is 0.733. The summed E-state index contributed by atoms with van der Waals surface area (Å²) in [6.07, 6.45) is 1.67. The van der Waals surface area contributed by atoms with E-state index >= 15 is 0 Å². The van der Waals surface area contributed by atoms with Crippen molar-refractivity contribution < 1.29 is 4.79 Å². The average molecular weight is 230 g/mol. The molecule has 1 aliphatic rings. The van der Waals surface area contributed by atoms with E-state index in [0.717, 1.165) is 18.7 Å². The SMILES string of the molecule is CCC(C)N(C)C(=O)CC1CSCCN1. The normalized spacial score (nSPS) is 23.5. The maximum Gasteiger partial charge on any atom is 0.224 e. The quantitative estimate of drug-likeness (QED) is 0.791. The van der Waals surface area contributed by atoms with Gasteiger partial charge in [0, 0.05) is 43.6 Å². The third-order valence-electron chi connectivity index (χ3n) is 3.06. The topological polar surface area (TPSA) is 32.3 Å². The summed E-state index contributed by atoms with van der Waals surface area (Å²) in [5.41, 5.74) is 0. The minimum Gasteiger partial charge on any atom is -0.343 e. The number of carbonyl (C=O) groups is 1. The van der Waals surface area contributed by atoms with E-state index in [1.165, 1.54) is 5.75 Å². The fourth-order valence-electron chi connectivity index (χ4n) is 1.63. The Kier molecular flexibility index (Phi) is 5.47. The van der Waals surface area contributed by atoms with Crippen LogP contribution in [0.1, 0.15) is 26.7 Å². The van der Waals surface area contributed by atoms with Crippen molar-refractivity contribution in [2.24, 2.45) is 0 Å². The van der Waals surface area contributed by atoms with Gasteiger partial charge in [-0.25, -0.2) is 0 Å². The van der Waals surface area contributed by atoms with Crippen molar-refractivity contribution in [2.75, 3.05) is 25.1 Å². The maximum atomic E-state index is 11.9. The number of nitrogens with zero attached hydrogens (tertiary/aromatic N) is 1. The molecule has 1 fully saturated rings. The molecule has 0 aromatic carbocycles. The molecule has 1 saturated heterocycles. The molecule has 2 unspecified atom stereocenters. The molecule has 3 nitrogen and oxygen atoms in total. The third kappa shape index (κ3) is 4.03. The van der Waals surface area contributed by atoms with Crippen molar-refractivity contribution in [1.82, 2.24) is 10.2 Å². The fourth-order valence-corrected chi connectivity index (χ4v) is 2.57. The van der Waals surface area contributed by atoms with Gasteiger partial charge >= 0.3 is 0 Å². The van der Waals surface area contributed by atoms with Gasteiger partial charge in [-0.2, -0.15) is 11.8 Å². The molecule has 0 spiro atoms. The Labute approximate surface area is 97.0 Å². The van der Waals surface area contributed by atoms with Gasteiger partial charge in [-0.1, -0.05) is 6.92 Å². The van der Waals surface area contributed by atoms with Crippen LogP contribution in [0.2, 0.25) is 0 Å². The Morgan fingerprint density at radius 3 is 2.93 bits per heavy atom. The molecule has 0 aliphatic carbocycles. The summed E-state index contributed by atoms with van der Waals surface area (Å²) in [4.78, 5) is 13.8. The number of hydrogen-bond donors (Lipinski definition) is 1. The van der Waals surface area contributed by atoms with Crippen LogP contribution in [-0.4, -0.2) is 48.0 Å². The summed E-state index contributed by atoms with van der Waals surface area (Å²) in [7, 11) is 1.91. The zero-order valence-electron chi connectivity index (χ0n) is 9.95. The van der Waals surface area contributed by atoms with Crippen LogP contribution in [0.3, 0.4) is 0 Å². The van der Waals surface area contributed by atoms with Crippen LogP contribution in [0.15, 0.2) is 0 Å². The van der Waals surface area contributed by atoms with Crippen LogP contribution in [0.5, 0.6) is 0 Å². The van der Waals surface area contributed by atoms with Gasteiger partial charge in [0.05, 0.1) is 0 Å². The lowest BCUT2D eigenvalue weighted by molar-refractivity contribution is -0.132.